The first-order valence-corrected chi connectivity index (χ1v) is 4.52. The minimum Gasteiger partial charge on any atom is -0.488 e. The SMILES string of the molecule is COC(=O)CC1=C(C)C(O)C(C)(C)O1. The third kappa shape index (κ3) is 1.90. The fourth-order valence-corrected chi connectivity index (χ4v) is 1.51. The minimum atomic E-state index is -0.651. The highest BCUT2D eigenvalue weighted by molar-refractivity contribution is 5.72. The van der Waals surface area contributed by atoms with Gasteiger partial charge in [0.05, 0.1) is 7.11 Å². The van der Waals surface area contributed by atoms with E-state index in [2.05, 4.69) is 4.74 Å². The molecule has 0 bridgehead atoms. The summed E-state index contributed by atoms with van der Waals surface area (Å²) in [6.45, 7) is 5.33. The van der Waals surface area contributed by atoms with E-state index in [0.717, 1.165) is 0 Å². The second-order valence-corrected chi connectivity index (χ2v) is 3.97. The van der Waals surface area contributed by atoms with Crippen LogP contribution in [0.2, 0.25) is 0 Å². The van der Waals surface area contributed by atoms with E-state index < -0.39 is 11.7 Å². The van der Waals surface area contributed by atoms with Gasteiger partial charge in [-0.25, -0.2) is 0 Å². The molecule has 1 aliphatic heterocycles. The molecule has 1 rings (SSSR count). The molecule has 1 aliphatic rings. The summed E-state index contributed by atoms with van der Waals surface area (Å²) in [4.78, 5) is 11.0. The van der Waals surface area contributed by atoms with Crippen molar-refractivity contribution in [3.05, 3.63) is 11.3 Å². The lowest BCUT2D eigenvalue weighted by atomic mass is 9.98. The molecule has 0 aromatic rings. The van der Waals surface area contributed by atoms with Gasteiger partial charge in [0.1, 0.15) is 23.9 Å². The van der Waals surface area contributed by atoms with Crippen LogP contribution in [-0.4, -0.2) is 29.9 Å². The predicted octanol–water partition coefficient (Wildman–Crippen LogP) is 0.993. The van der Waals surface area contributed by atoms with E-state index in [1.54, 1.807) is 20.8 Å². The van der Waals surface area contributed by atoms with Crippen molar-refractivity contribution in [1.29, 1.82) is 0 Å². The number of methoxy groups -OCH3 is 1. The monoisotopic (exact) mass is 200 g/mol. The molecular formula is C10H16O4. The summed E-state index contributed by atoms with van der Waals surface area (Å²) >= 11 is 0. The number of esters is 1. The number of aliphatic hydroxyl groups excluding tert-OH is 1. The second-order valence-electron chi connectivity index (χ2n) is 3.97. The Morgan fingerprint density at radius 3 is 2.57 bits per heavy atom. The third-order valence-corrected chi connectivity index (χ3v) is 2.43. The lowest BCUT2D eigenvalue weighted by Gasteiger charge is -2.23. The van der Waals surface area contributed by atoms with Crippen molar-refractivity contribution in [3.8, 4) is 0 Å². The number of hydrogen-bond acceptors (Lipinski definition) is 4. The van der Waals surface area contributed by atoms with Gasteiger partial charge in [0.2, 0.25) is 0 Å². The average molecular weight is 200 g/mol. The molecule has 0 radical (unpaired) electrons. The molecule has 4 heteroatoms. The van der Waals surface area contributed by atoms with Crippen LogP contribution in [0, 0.1) is 0 Å². The second kappa shape index (κ2) is 3.61. The van der Waals surface area contributed by atoms with Crippen LogP contribution in [0.15, 0.2) is 11.3 Å². The van der Waals surface area contributed by atoms with E-state index in [4.69, 9.17) is 4.74 Å². The molecule has 1 unspecified atom stereocenters. The highest BCUT2D eigenvalue weighted by atomic mass is 16.5. The molecule has 1 atom stereocenters. The van der Waals surface area contributed by atoms with Gasteiger partial charge >= 0.3 is 5.97 Å². The minimum absolute atomic E-state index is 0.0861. The van der Waals surface area contributed by atoms with Crippen molar-refractivity contribution in [1.82, 2.24) is 0 Å². The largest absolute Gasteiger partial charge is 0.488 e. The molecule has 0 saturated heterocycles. The van der Waals surface area contributed by atoms with Gasteiger partial charge in [-0.15, -0.1) is 0 Å². The Morgan fingerprint density at radius 2 is 2.21 bits per heavy atom. The Morgan fingerprint density at radius 1 is 1.64 bits per heavy atom. The van der Waals surface area contributed by atoms with Gasteiger partial charge in [0.15, 0.2) is 0 Å². The first-order valence-electron chi connectivity index (χ1n) is 4.52. The molecule has 1 heterocycles. The van der Waals surface area contributed by atoms with E-state index in [-0.39, 0.29) is 12.4 Å². The molecule has 1 N–H and O–H groups in total. The Balaban J connectivity index is 2.76. The van der Waals surface area contributed by atoms with Crippen LogP contribution in [0.1, 0.15) is 27.2 Å². The number of ether oxygens (including phenoxy) is 2. The van der Waals surface area contributed by atoms with Gasteiger partial charge in [-0.3, -0.25) is 4.79 Å². The number of carbonyl (C=O) groups excluding carboxylic acids is 1. The van der Waals surface area contributed by atoms with Crippen LogP contribution in [0.25, 0.3) is 0 Å². The number of hydrogen-bond donors (Lipinski definition) is 1. The van der Waals surface area contributed by atoms with Gasteiger partial charge in [-0.05, 0) is 26.3 Å². The fraction of sp³-hybridized carbons (Fsp3) is 0.700. The summed E-state index contributed by atoms with van der Waals surface area (Å²) in [5.74, 6) is 0.165. The van der Waals surface area contributed by atoms with E-state index in [1.807, 2.05) is 0 Å². The normalized spacial score (nSPS) is 24.8. The number of rotatable bonds is 2. The van der Waals surface area contributed by atoms with E-state index in [9.17, 15) is 9.90 Å². The van der Waals surface area contributed by atoms with Crippen molar-refractivity contribution < 1.29 is 19.4 Å². The van der Waals surface area contributed by atoms with Gasteiger partial charge in [-0.1, -0.05) is 0 Å². The molecule has 0 aliphatic carbocycles. The zero-order valence-electron chi connectivity index (χ0n) is 8.96. The molecule has 0 saturated carbocycles. The average Bonchev–Trinajstić information content (AvgIpc) is 2.30. The standard InChI is InChI=1S/C10H16O4/c1-6-7(5-8(11)13-4)14-10(2,3)9(6)12/h9,12H,5H2,1-4H3. The number of carbonyl (C=O) groups is 1. The first-order chi connectivity index (χ1) is 6.38. The Bertz CT molecular complexity index is 278. The third-order valence-electron chi connectivity index (χ3n) is 2.43. The summed E-state index contributed by atoms with van der Waals surface area (Å²) in [6, 6.07) is 0. The molecule has 80 valence electrons. The highest BCUT2D eigenvalue weighted by Gasteiger charge is 2.40. The smallest absolute Gasteiger partial charge is 0.313 e. The maximum Gasteiger partial charge on any atom is 0.313 e. The molecule has 0 amide bonds. The summed E-state index contributed by atoms with van der Waals surface area (Å²) < 4.78 is 10.0. The molecular weight excluding hydrogens is 184 g/mol. The van der Waals surface area contributed by atoms with Crippen LogP contribution < -0.4 is 0 Å². The molecule has 4 nitrogen and oxygen atoms in total. The summed E-state index contributed by atoms with van der Waals surface area (Å²) in [5, 5.41) is 9.75. The van der Waals surface area contributed by atoms with Crippen LogP contribution in [-0.2, 0) is 14.3 Å². The predicted molar refractivity (Wildman–Crippen MR) is 50.5 cm³/mol. The maximum atomic E-state index is 11.0. The maximum absolute atomic E-state index is 11.0. The van der Waals surface area contributed by atoms with Crippen molar-refractivity contribution in [2.24, 2.45) is 0 Å². The van der Waals surface area contributed by atoms with E-state index in [1.165, 1.54) is 7.11 Å². The molecule has 0 fully saturated rings. The van der Waals surface area contributed by atoms with Crippen molar-refractivity contribution in [3.63, 3.8) is 0 Å². The highest BCUT2D eigenvalue weighted by Crippen LogP contribution is 2.35. The van der Waals surface area contributed by atoms with Crippen LogP contribution in [0.4, 0.5) is 0 Å². The molecule has 0 aromatic heterocycles. The summed E-state index contributed by atoms with van der Waals surface area (Å²) in [7, 11) is 1.33. The van der Waals surface area contributed by atoms with Gasteiger partial charge in [-0.2, -0.15) is 0 Å². The van der Waals surface area contributed by atoms with E-state index >= 15 is 0 Å². The zero-order valence-corrected chi connectivity index (χ0v) is 8.96. The number of aliphatic hydroxyl groups is 1. The molecule has 0 spiro atoms. The zero-order chi connectivity index (χ0) is 10.9. The van der Waals surface area contributed by atoms with E-state index in [0.29, 0.717) is 11.3 Å². The summed E-state index contributed by atoms with van der Waals surface area (Å²) in [5.41, 5.74) is 0.0633. The van der Waals surface area contributed by atoms with Gasteiger partial charge in [0.25, 0.3) is 0 Å². The first kappa shape index (κ1) is 11.0. The van der Waals surface area contributed by atoms with Crippen molar-refractivity contribution in [2.75, 3.05) is 7.11 Å². The van der Waals surface area contributed by atoms with Crippen LogP contribution >= 0.6 is 0 Å². The Kier molecular flexibility index (Phi) is 2.85. The Hall–Kier alpha value is -1.03. The van der Waals surface area contributed by atoms with Gasteiger partial charge in [0, 0.05) is 0 Å². The van der Waals surface area contributed by atoms with Crippen molar-refractivity contribution >= 4 is 5.97 Å². The fourth-order valence-electron chi connectivity index (χ4n) is 1.51. The van der Waals surface area contributed by atoms with Crippen molar-refractivity contribution in [2.45, 2.75) is 38.9 Å². The molecule has 0 aromatic carbocycles. The lowest BCUT2D eigenvalue weighted by molar-refractivity contribution is -0.141. The lowest BCUT2D eigenvalue weighted by Crippen LogP contribution is -2.33. The molecule has 14 heavy (non-hydrogen) atoms. The quantitative estimate of drug-likeness (QED) is 0.675. The van der Waals surface area contributed by atoms with Gasteiger partial charge < -0.3 is 14.6 Å². The summed E-state index contributed by atoms with van der Waals surface area (Å²) in [6.07, 6.45) is -0.565. The Labute approximate surface area is 83.5 Å². The van der Waals surface area contributed by atoms with Crippen LogP contribution in [0.5, 0.6) is 0 Å². The van der Waals surface area contributed by atoms with Crippen LogP contribution in [0.3, 0.4) is 0 Å². The topological polar surface area (TPSA) is 55.8 Å².